The van der Waals surface area contributed by atoms with Crippen LogP contribution in [0.3, 0.4) is 0 Å². The highest BCUT2D eigenvalue weighted by Crippen LogP contribution is 2.31. The van der Waals surface area contributed by atoms with Gasteiger partial charge in [0.15, 0.2) is 11.5 Å². The van der Waals surface area contributed by atoms with Crippen molar-refractivity contribution in [2.75, 3.05) is 32.0 Å². The van der Waals surface area contributed by atoms with Gasteiger partial charge in [-0.15, -0.1) is 0 Å². The second-order valence-corrected chi connectivity index (χ2v) is 5.81. The Labute approximate surface area is 163 Å². The maximum Gasteiger partial charge on any atom is 0.256 e. The van der Waals surface area contributed by atoms with E-state index in [1.807, 2.05) is 24.3 Å². The van der Waals surface area contributed by atoms with Crippen LogP contribution < -0.4 is 24.8 Å². The van der Waals surface area contributed by atoms with Gasteiger partial charge in [-0.1, -0.05) is 6.07 Å². The molecule has 0 bridgehead atoms. The van der Waals surface area contributed by atoms with E-state index in [1.54, 1.807) is 57.9 Å². The van der Waals surface area contributed by atoms with Crippen molar-refractivity contribution in [1.29, 1.82) is 0 Å². The molecule has 7 nitrogen and oxygen atoms in total. The smallest absolute Gasteiger partial charge is 0.256 e. The largest absolute Gasteiger partial charge is 0.497 e. The molecular weight excluding hydrogens is 358 g/mol. The Morgan fingerprint density at radius 1 is 0.857 bits per heavy atom. The fourth-order valence-corrected chi connectivity index (χ4v) is 2.58. The number of benzene rings is 2. The third-order valence-electron chi connectivity index (χ3n) is 4.01. The van der Waals surface area contributed by atoms with Crippen LogP contribution in [0.4, 0.5) is 17.2 Å². The van der Waals surface area contributed by atoms with Crippen LogP contribution in [0.2, 0.25) is 0 Å². The highest BCUT2D eigenvalue weighted by Gasteiger charge is 2.09. The lowest BCUT2D eigenvalue weighted by Gasteiger charge is -2.11. The van der Waals surface area contributed by atoms with Gasteiger partial charge in [0.25, 0.3) is 5.91 Å². The van der Waals surface area contributed by atoms with E-state index < -0.39 is 0 Å². The van der Waals surface area contributed by atoms with Crippen LogP contribution in [-0.2, 0) is 0 Å². The van der Waals surface area contributed by atoms with Gasteiger partial charge in [0, 0.05) is 17.3 Å². The van der Waals surface area contributed by atoms with Crippen molar-refractivity contribution in [2.45, 2.75) is 0 Å². The van der Waals surface area contributed by atoms with E-state index in [0.717, 1.165) is 11.4 Å². The summed E-state index contributed by atoms with van der Waals surface area (Å²) in [6.07, 6.45) is 1.64. The van der Waals surface area contributed by atoms with Gasteiger partial charge in [-0.3, -0.25) is 4.79 Å². The first-order chi connectivity index (χ1) is 13.6. The maximum atomic E-state index is 12.3. The lowest BCUT2D eigenvalue weighted by atomic mass is 10.2. The van der Waals surface area contributed by atoms with E-state index in [9.17, 15) is 4.79 Å². The summed E-state index contributed by atoms with van der Waals surface area (Å²) in [5, 5.41) is 5.99. The average molecular weight is 379 g/mol. The molecule has 3 aromatic rings. The Balaban J connectivity index is 1.67. The number of carbonyl (C=O) groups excluding carboxylic acids is 1. The summed E-state index contributed by atoms with van der Waals surface area (Å²) in [7, 11) is 4.74. The number of hydrogen-bond donors (Lipinski definition) is 2. The summed E-state index contributed by atoms with van der Waals surface area (Å²) in [4.78, 5) is 16.6. The topological polar surface area (TPSA) is 81.7 Å². The van der Waals surface area contributed by atoms with Crippen molar-refractivity contribution in [3.63, 3.8) is 0 Å². The molecule has 28 heavy (non-hydrogen) atoms. The summed E-state index contributed by atoms with van der Waals surface area (Å²) in [6.45, 7) is 0. The van der Waals surface area contributed by atoms with E-state index >= 15 is 0 Å². The van der Waals surface area contributed by atoms with Crippen LogP contribution in [-0.4, -0.2) is 32.2 Å². The second kappa shape index (κ2) is 8.77. The van der Waals surface area contributed by atoms with Crippen molar-refractivity contribution < 1.29 is 19.0 Å². The van der Waals surface area contributed by atoms with E-state index in [0.29, 0.717) is 28.6 Å². The van der Waals surface area contributed by atoms with Crippen molar-refractivity contribution in [1.82, 2.24) is 4.98 Å². The first kappa shape index (κ1) is 19.0. The molecule has 0 saturated heterocycles. The van der Waals surface area contributed by atoms with Crippen molar-refractivity contribution in [3.05, 3.63) is 66.4 Å². The van der Waals surface area contributed by atoms with Crippen LogP contribution >= 0.6 is 0 Å². The molecule has 0 fully saturated rings. The minimum atomic E-state index is -0.257. The molecule has 0 radical (unpaired) electrons. The highest BCUT2D eigenvalue weighted by atomic mass is 16.5. The Kier molecular flexibility index (Phi) is 5.96. The average Bonchev–Trinajstić information content (AvgIpc) is 2.75. The van der Waals surface area contributed by atoms with E-state index in [-0.39, 0.29) is 5.91 Å². The lowest BCUT2D eigenvalue weighted by Crippen LogP contribution is -2.12. The van der Waals surface area contributed by atoms with E-state index in [2.05, 4.69) is 15.6 Å². The zero-order chi connectivity index (χ0) is 19.9. The molecule has 2 N–H and O–H groups in total. The Morgan fingerprint density at radius 3 is 2.32 bits per heavy atom. The zero-order valence-corrected chi connectivity index (χ0v) is 15.9. The number of methoxy groups -OCH3 is 3. The molecule has 3 rings (SSSR count). The minimum Gasteiger partial charge on any atom is -0.497 e. The molecule has 1 amide bonds. The quantitative estimate of drug-likeness (QED) is 0.643. The molecule has 144 valence electrons. The Bertz CT molecular complexity index is 958. The molecule has 0 spiro atoms. The first-order valence-electron chi connectivity index (χ1n) is 8.53. The third kappa shape index (κ3) is 4.50. The number of rotatable bonds is 7. The van der Waals surface area contributed by atoms with Crippen LogP contribution in [0.5, 0.6) is 17.2 Å². The van der Waals surface area contributed by atoms with Gasteiger partial charge in [-0.2, -0.15) is 0 Å². The summed E-state index contributed by atoms with van der Waals surface area (Å²) in [6, 6.07) is 16.0. The number of carbonyl (C=O) groups is 1. The van der Waals surface area contributed by atoms with Crippen LogP contribution in [0, 0.1) is 0 Å². The van der Waals surface area contributed by atoms with Gasteiger partial charge in [0.05, 0.1) is 33.2 Å². The molecule has 0 saturated carbocycles. The lowest BCUT2D eigenvalue weighted by molar-refractivity contribution is 0.102. The molecular formula is C21H21N3O4. The monoisotopic (exact) mass is 379 g/mol. The summed E-state index contributed by atoms with van der Waals surface area (Å²) in [5.41, 5.74) is 2.09. The predicted molar refractivity (Wildman–Crippen MR) is 108 cm³/mol. The van der Waals surface area contributed by atoms with Crippen molar-refractivity contribution in [2.24, 2.45) is 0 Å². The third-order valence-corrected chi connectivity index (χ3v) is 4.01. The van der Waals surface area contributed by atoms with Crippen LogP contribution in [0.25, 0.3) is 0 Å². The number of anilines is 3. The SMILES string of the molecule is COc1cccc(C(=O)Nc2ccc(Nc3ccc(OC)c(OC)c3)cn2)c1. The maximum absolute atomic E-state index is 12.3. The standard InChI is InChI=1S/C21H21N3O4/c1-26-17-6-4-5-14(11-17)21(25)24-20-10-8-16(13-22-20)23-15-7-9-18(27-2)19(12-15)28-3/h4-13,23H,1-3H3,(H,22,24,25). The van der Waals surface area contributed by atoms with Gasteiger partial charge in [-0.25, -0.2) is 4.98 Å². The molecule has 0 aliphatic heterocycles. The zero-order valence-electron chi connectivity index (χ0n) is 15.9. The van der Waals surface area contributed by atoms with Crippen molar-refractivity contribution in [3.8, 4) is 17.2 Å². The minimum absolute atomic E-state index is 0.257. The highest BCUT2D eigenvalue weighted by molar-refractivity contribution is 6.04. The molecule has 7 heteroatoms. The molecule has 0 aliphatic carbocycles. The van der Waals surface area contributed by atoms with Crippen LogP contribution in [0.15, 0.2) is 60.8 Å². The summed E-state index contributed by atoms with van der Waals surface area (Å²) >= 11 is 0. The Morgan fingerprint density at radius 2 is 1.64 bits per heavy atom. The van der Waals surface area contributed by atoms with Gasteiger partial charge < -0.3 is 24.8 Å². The number of amides is 1. The first-order valence-corrected chi connectivity index (χ1v) is 8.53. The number of hydrogen-bond acceptors (Lipinski definition) is 6. The molecule has 1 aromatic heterocycles. The molecule has 0 atom stereocenters. The van der Waals surface area contributed by atoms with E-state index in [1.165, 1.54) is 0 Å². The molecule has 2 aromatic carbocycles. The molecule has 0 aliphatic rings. The number of pyridine rings is 1. The van der Waals surface area contributed by atoms with E-state index in [4.69, 9.17) is 14.2 Å². The Hall–Kier alpha value is -3.74. The normalized spacial score (nSPS) is 10.1. The number of nitrogens with one attached hydrogen (secondary N) is 2. The van der Waals surface area contributed by atoms with Gasteiger partial charge in [-0.05, 0) is 42.5 Å². The summed E-state index contributed by atoms with van der Waals surface area (Å²) in [5.74, 6) is 2.09. The predicted octanol–water partition coefficient (Wildman–Crippen LogP) is 4.10. The van der Waals surface area contributed by atoms with Crippen molar-refractivity contribution >= 4 is 23.1 Å². The summed E-state index contributed by atoms with van der Waals surface area (Å²) < 4.78 is 15.7. The molecule has 1 heterocycles. The number of ether oxygens (including phenoxy) is 3. The van der Waals surface area contributed by atoms with Gasteiger partial charge in [0.2, 0.25) is 0 Å². The fourth-order valence-electron chi connectivity index (χ4n) is 2.58. The fraction of sp³-hybridized carbons (Fsp3) is 0.143. The van der Waals surface area contributed by atoms with Crippen LogP contribution in [0.1, 0.15) is 10.4 Å². The number of aromatic nitrogens is 1. The van der Waals surface area contributed by atoms with Gasteiger partial charge >= 0.3 is 0 Å². The molecule has 0 unspecified atom stereocenters. The van der Waals surface area contributed by atoms with Gasteiger partial charge in [0.1, 0.15) is 11.6 Å². The number of nitrogens with zero attached hydrogens (tertiary/aromatic N) is 1. The second-order valence-electron chi connectivity index (χ2n) is 5.81.